The summed E-state index contributed by atoms with van der Waals surface area (Å²) in [6.07, 6.45) is 1.66. The van der Waals surface area contributed by atoms with E-state index < -0.39 is 0 Å². The van der Waals surface area contributed by atoms with Crippen molar-refractivity contribution in [1.82, 2.24) is 0 Å². The Kier molecular flexibility index (Phi) is 7.15. The number of amides is 1. The van der Waals surface area contributed by atoms with Crippen LogP contribution >= 0.6 is 34.8 Å². The summed E-state index contributed by atoms with van der Waals surface area (Å²) in [7, 11) is 0. The molecule has 148 valence electrons. The minimum absolute atomic E-state index is 0.238. The van der Waals surface area contributed by atoms with Crippen LogP contribution in [-0.4, -0.2) is 18.7 Å². The number of benzene rings is 3. The van der Waals surface area contributed by atoms with Crippen LogP contribution < -0.4 is 10.1 Å². The highest BCUT2D eigenvalue weighted by Crippen LogP contribution is 2.34. The maximum atomic E-state index is 12.1. The fourth-order valence-electron chi connectivity index (χ4n) is 2.46. The number of nitrogens with zero attached hydrogens (tertiary/aromatic N) is 1. The highest BCUT2D eigenvalue weighted by Gasteiger charge is 2.12. The van der Waals surface area contributed by atoms with Gasteiger partial charge in [0.2, 0.25) is 0 Å². The Morgan fingerprint density at radius 1 is 1.00 bits per heavy atom. The van der Waals surface area contributed by atoms with Crippen LogP contribution in [0.2, 0.25) is 15.1 Å². The first kappa shape index (κ1) is 21.2. The molecule has 4 nitrogen and oxygen atoms in total. The molecule has 0 saturated carbocycles. The molecule has 0 aliphatic rings. The van der Waals surface area contributed by atoms with Crippen LogP contribution in [0.15, 0.2) is 65.7 Å². The molecule has 3 rings (SSSR count). The van der Waals surface area contributed by atoms with E-state index in [0.717, 1.165) is 16.8 Å². The molecule has 0 unspecified atom stereocenters. The number of aryl methyl sites for hydroxylation is 1. The molecular weight excluding hydrogens is 431 g/mol. The van der Waals surface area contributed by atoms with E-state index in [1.165, 1.54) is 0 Å². The van der Waals surface area contributed by atoms with E-state index in [4.69, 9.17) is 39.5 Å². The standard InChI is InChI=1S/C22H17Cl3N2O2/c1-14-7-8-17(11-18(14)23)27-21(28)13-29-22-19(24)9-15(10-20(22)25)12-26-16-5-3-2-4-6-16/h2-12H,13H2,1H3,(H,27,28). The summed E-state index contributed by atoms with van der Waals surface area (Å²) >= 11 is 18.6. The quantitative estimate of drug-likeness (QED) is 0.426. The van der Waals surface area contributed by atoms with Crippen molar-refractivity contribution >= 4 is 58.3 Å². The van der Waals surface area contributed by atoms with Crippen LogP contribution in [0.25, 0.3) is 0 Å². The highest BCUT2D eigenvalue weighted by molar-refractivity contribution is 6.37. The third-order valence-electron chi connectivity index (χ3n) is 3.94. The van der Waals surface area contributed by atoms with Gasteiger partial charge in [0.25, 0.3) is 5.91 Å². The van der Waals surface area contributed by atoms with Gasteiger partial charge in [-0.25, -0.2) is 0 Å². The van der Waals surface area contributed by atoms with Crippen LogP contribution in [0.5, 0.6) is 5.75 Å². The number of rotatable bonds is 6. The number of carbonyl (C=O) groups is 1. The van der Waals surface area contributed by atoms with Crippen molar-refractivity contribution in [1.29, 1.82) is 0 Å². The molecule has 0 heterocycles. The number of aliphatic imine (C=N–C) groups is 1. The van der Waals surface area contributed by atoms with Crippen molar-refractivity contribution in [3.05, 3.63) is 86.9 Å². The van der Waals surface area contributed by atoms with Gasteiger partial charge in [-0.3, -0.25) is 9.79 Å². The van der Waals surface area contributed by atoms with Gasteiger partial charge in [-0.05, 0) is 54.4 Å². The molecule has 0 atom stereocenters. The van der Waals surface area contributed by atoms with Crippen LogP contribution in [-0.2, 0) is 4.79 Å². The number of carbonyl (C=O) groups excluding carboxylic acids is 1. The zero-order valence-electron chi connectivity index (χ0n) is 15.5. The predicted molar refractivity (Wildman–Crippen MR) is 120 cm³/mol. The van der Waals surface area contributed by atoms with Gasteiger partial charge in [0.15, 0.2) is 12.4 Å². The number of hydrogen-bond acceptors (Lipinski definition) is 3. The molecule has 3 aromatic carbocycles. The van der Waals surface area contributed by atoms with E-state index in [1.807, 2.05) is 43.3 Å². The summed E-state index contributed by atoms with van der Waals surface area (Å²) in [5.74, 6) is -0.117. The van der Waals surface area contributed by atoms with Gasteiger partial charge in [-0.1, -0.05) is 59.1 Å². The summed E-state index contributed by atoms with van der Waals surface area (Å²) in [5, 5.41) is 3.87. The highest BCUT2D eigenvalue weighted by atomic mass is 35.5. The summed E-state index contributed by atoms with van der Waals surface area (Å²) in [6.45, 7) is 1.64. The van der Waals surface area contributed by atoms with Crippen LogP contribution in [0.3, 0.4) is 0 Å². The lowest BCUT2D eigenvalue weighted by atomic mass is 10.2. The van der Waals surface area contributed by atoms with Gasteiger partial charge in [0, 0.05) is 16.9 Å². The Bertz CT molecular complexity index is 1030. The molecule has 0 spiro atoms. The Hall–Kier alpha value is -2.53. The van der Waals surface area contributed by atoms with Gasteiger partial charge >= 0.3 is 0 Å². The number of hydrogen-bond donors (Lipinski definition) is 1. The largest absolute Gasteiger partial charge is 0.481 e. The smallest absolute Gasteiger partial charge is 0.262 e. The summed E-state index contributed by atoms with van der Waals surface area (Å²) < 4.78 is 5.52. The summed E-state index contributed by atoms with van der Waals surface area (Å²) in [6, 6.07) is 18.1. The predicted octanol–water partition coefficient (Wildman–Crippen LogP) is 6.72. The molecule has 0 aliphatic carbocycles. The maximum absolute atomic E-state index is 12.1. The minimum atomic E-state index is -0.355. The second-order valence-electron chi connectivity index (χ2n) is 6.21. The second-order valence-corrected chi connectivity index (χ2v) is 7.43. The molecule has 0 fully saturated rings. The molecule has 1 amide bonds. The molecule has 0 saturated heterocycles. The van der Waals surface area contributed by atoms with E-state index in [-0.39, 0.29) is 28.3 Å². The number of anilines is 1. The number of para-hydroxylation sites is 1. The van der Waals surface area contributed by atoms with Gasteiger partial charge in [-0.15, -0.1) is 0 Å². The minimum Gasteiger partial charge on any atom is -0.481 e. The first-order valence-corrected chi connectivity index (χ1v) is 9.83. The van der Waals surface area contributed by atoms with Crippen molar-refractivity contribution in [3.8, 4) is 5.75 Å². The van der Waals surface area contributed by atoms with Crippen LogP contribution in [0.1, 0.15) is 11.1 Å². The Balaban J connectivity index is 1.64. The monoisotopic (exact) mass is 446 g/mol. The molecule has 7 heteroatoms. The van der Waals surface area contributed by atoms with Gasteiger partial charge < -0.3 is 10.1 Å². The molecule has 29 heavy (non-hydrogen) atoms. The molecule has 1 N–H and O–H groups in total. The van der Waals surface area contributed by atoms with Crippen molar-refractivity contribution < 1.29 is 9.53 Å². The van der Waals surface area contributed by atoms with Crippen molar-refractivity contribution in [2.24, 2.45) is 4.99 Å². The van der Waals surface area contributed by atoms with E-state index >= 15 is 0 Å². The lowest BCUT2D eigenvalue weighted by Gasteiger charge is -2.11. The van der Waals surface area contributed by atoms with E-state index in [1.54, 1.807) is 30.5 Å². The second kappa shape index (κ2) is 9.79. The van der Waals surface area contributed by atoms with Crippen molar-refractivity contribution in [3.63, 3.8) is 0 Å². The molecule has 0 aromatic heterocycles. The molecule has 0 radical (unpaired) electrons. The zero-order chi connectivity index (χ0) is 20.8. The van der Waals surface area contributed by atoms with Crippen LogP contribution in [0, 0.1) is 6.92 Å². The zero-order valence-corrected chi connectivity index (χ0v) is 17.7. The third-order valence-corrected chi connectivity index (χ3v) is 4.91. The van der Waals surface area contributed by atoms with E-state index in [9.17, 15) is 4.79 Å². The average Bonchev–Trinajstić information content (AvgIpc) is 2.69. The maximum Gasteiger partial charge on any atom is 0.262 e. The fraction of sp³-hybridized carbons (Fsp3) is 0.0909. The third kappa shape index (κ3) is 5.97. The SMILES string of the molecule is Cc1ccc(NC(=O)COc2c(Cl)cc(C=Nc3ccccc3)cc2Cl)cc1Cl. The topological polar surface area (TPSA) is 50.7 Å². The molecule has 0 aliphatic heterocycles. The normalized spacial score (nSPS) is 10.9. The Morgan fingerprint density at radius 2 is 1.69 bits per heavy atom. The van der Waals surface area contributed by atoms with Crippen molar-refractivity contribution in [2.45, 2.75) is 6.92 Å². The Morgan fingerprint density at radius 3 is 2.34 bits per heavy atom. The molecule has 3 aromatic rings. The first-order chi connectivity index (χ1) is 13.9. The molecule has 0 bridgehead atoms. The average molecular weight is 448 g/mol. The first-order valence-electron chi connectivity index (χ1n) is 8.69. The lowest BCUT2D eigenvalue weighted by molar-refractivity contribution is -0.118. The number of ether oxygens (including phenoxy) is 1. The van der Waals surface area contributed by atoms with Gasteiger partial charge in [0.05, 0.1) is 15.7 Å². The lowest BCUT2D eigenvalue weighted by Crippen LogP contribution is -2.20. The van der Waals surface area contributed by atoms with Gasteiger partial charge in [0.1, 0.15) is 0 Å². The number of nitrogens with one attached hydrogen (secondary N) is 1. The van der Waals surface area contributed by atoms with Gasteiger partial charge in [-0.2, -0.15) is 0 Å². The summed E-state index contributed by atoms with van der Waals surface area (Å²) in [4.78, 5) is 16.5. The fourth-order valence-corrected chi connectivity index (χ4v) is 3.25. The molecular formula is C22H17Cl3N2O2. The van der Waals surface area contributed by atoms with Crippen LogP contribution in [0.4, 0.5) is 11.4 Å². The van der Waals surface area contributed by atoms with E-state index in [0.29, 0.717) is 10.7 Å². The van der Waals surface area contributed by atoms with E-state index in [2.05, 4.69) is 10.3 Å². The summed E-state index contributed by atoms with van der Waals surface area (Å²) in [5.41, 5.74) is 3.04. The number of halogens is 3. The Labute approximate surface area is 184 Å². The van der Waals surface area contributed by atoms with Crippen molar-refractivity contribution in [2.75, 3.05) is 11.9 Å².